The van der Waals surface area contributed by atoms with Crippen molar-refractivity contribution in [1.29, 1.82) is 0 Å². The molecule has 0 unspecified atom stereocenters. The molecule has 12 heavy (non-hydrogen) atoms. The summed E-state index contributed by atoms with van der Waals surface area (Å²) in [6.45, 7) is 2.63. The lowest BCUT2D eigenvalue weighted by Gasteiger charge is -2.25. The van der Waals surface area contributed by atoms with Crippen LogP contribution in [0.25, 0.3) is 0 Å². The number of carbonyl (C=O) groups excluding carboxylic acids is 1. The van der Waals surface area contributed by atoms with Gasteiger partial charge in [-0.15, -0.1) is 0 Å². The Balaban J connectivity index is 1.95. The van der Waals surface area contributed by atoms with E-state index in [9.17, 15) is 4.79 Å². The fourth-order valence-corrected chi connectivity index (χ4v) is 1.07. The second-order valence-corrected chi connectivity index (χ2v) is 3.26. The van der Waals surface area contributed by atoms with Gasteiger partial charge < -0.3 is 10.1 Å². The molecule has 0 radical (unpaired) electrons. The van der Waals surface area contributed by atoms with E-state index in [1.165, 1.54) is 6.42 Å². The van der Waals surface area contributed by atoms with E-state index in [1.54, 1.807) is 0 Å². The highest BCUT2D eigenvalue weighted by atomic mass is 16.5. The topological polar surface area (TPSA) is 38.3 Å². The molecule has 1 amide bonds. The molecule has 1 fully saturated rings. The van der Waals surface area contributed by atoms with Crippen LogP contribution in [0.1, 0.15) is 39.0 Å². The first-order valence-electron chi connectivity index (χ1n) is 4.76. The molecular formula is C9H17NO2. The molecule has 1 aliphatic carbocycles. The molecule has 0 aromatic carbocycles. The van der Waals surface area contributed by atoms with E-state index in [4.69, 9.17) is 4.74 Å². The third-order valence-corrected chi connectivity index (χ3v) is 2.16. The Bertz CT molecular complexity index is 143. The minimum atomic E-state index is -0.242. The summed E-state index contributed by atoms with van der Waals surface area (Å²) < 4.78 is 4.94. The van der Waals surface area contributed by atoms with Crippen LogP contribution in [0.15, 0.2) is 0 Å². The van der Waals surface area contributed by atoms with Gasteiger partial charge in [0.05, 0.1) is 6.61 Å². The summed E-state index contributed by atoms with van der Waals surface area (Å²) in [7, 11) is 0. The summed E-state index contributed by atoms with van der Waals surface area (Å²) in [6.07, 6.45) is 5.24. The second-order valence-electron chi connectivity index (χ2n) is 3.26. The second kappa shape index (κ2) is 5.01. The summed E-state index contributed by atoms with van der Waals surface area (Å²) >= 11 is 0. The molecule has 0 aliphatic heterocycles. The summed E-state index contributed by atoms with van der Waals surface area (Å²) in [5.74, 6) is 0. The van der Waals surface area contributed by atoms with Crippen molar-refractivity contribution in [2.24, 2.45) is 0 Å². The predicted octanol–water partition coefficient (Wildman–Crippen LogP) is 2.07. The van der Waals surface area contributed by atoms with Gasteiger partial charge in [0.15, 0.2) is 0 Å². The van der Waals surface area contributed by atoms with Crippen molar-refractivity contribution in [2.45, 2.75) is 45.1 Å². The first-order valence-corrected chi connectivity index (χ1v) is 4.76. The van der Waals surface area contributed by atoms with Gasteiger partial charge in [-0.2, -0.15) is 0 Å². The van der Waals surface area contributed by atoms with Crippen LogP contribution in [-0.4, -0.2) is 18.7 Å². The highest BCUT2D eigenvalue weighted by Crippen LogP contribution is 2.17. The Morgan fingerprint density at radius 1 is 1.58 bits per heavy atom. The van der Waals surface area contributed by atoms with Gasteiger partial charge in [0.2, 0.25) is 0 Å². The first-order chi connectivity index (χ1) is 5.83. The first kappa shape index (κ1) is 9.36. The highest BCUT2D eigenvalue weighted by molar-refractivity contribution is 5.67. The molecule has 0 spiro atoms. The van der Waals surface area contributed by atoms with Crippen LogP contribution in [0.5, 0.6) is 0 Å². The Labute approximate surface area is 73.5 Å². The van der Waals surface area contributed by atoms with Crippen LogP contribution < -0.4 is 5.32 Å². The van der Waals surface area contributed by atoms with Crippen molar-refractivity contribution in [3.05, 3.63) is 0 Å². The third kappa shape index (κ3) is 3.11. The number of rotatable bonds is 4. The maximum atomic E-state index is 11.0. The highest BCUT2D eigenvalue weighted by Gasteiger charge is 2.19. The zero-order valence-corrected chi connectivity index (χ0v) is 7.64. The Hall–Kier alpha value is -0.730. The van der Waals surface area contributed by atoms with Crippen LogP contribution in [0, 0.1) is 0 Å². The molecule has 0 heterocycles. The molecule has 0 aromatic rings. The quantitative estimate of drug-likeness (QED) is 0.657. The maximum Gasteiger partial charge on any atom is 0.407 e. The minimum Gasteiger partial charge on any atom is -0.450 e. The molecular weight excluding hydrogens is 154 g/mol. The van der Waals surface area contributed by atoms with Gasteiger partial charge >= 0.3 is 6.09 Å². The lowest BCUT2D eigenvalue weighted by Crippen LogP contribution is -2.39. The molecule has 1 aliphatic rings. The van der Waals surface area contributed by atoms with Gasteiger partial charge in [-0.3, -0.25) is 0 Å². The number of amides is 1. The number of unbranched alkanes of at least 4 members (excludes halogenated alkanes) is 1. The van der Waals surface area contributed by atoms with E-state index in [0.29, 0.717) is 12.6 Å². The molecule has 0 aromatic heterocycles. The van der Waals surface area contributed by atoms with Crippen LogP contribution >= 0.6 is 0 Å². The Morgan fingerprint density at radius 2 is 2.33 bits per heavy atom. The average molecular weight is 171 g/mol. The molecule has 70 valence electrons. The van der Waals surface area contributed by atoms with Gasteiger partial charge in [0.25, 0.3) is 0 Å². The van der Waals surface area contributed by atoms with E-state index >= 15 is 0 Å². The van der Waals surface area contributed by atoms with Gasteiger partial charge in [-0.05, 0) is 25.7 Å². The molecule has 1 N–H and O–H groups in total. The minimum absolute atomic E-state index is 0.242. The van der Waals surface area contributed by atoms with Crippen molar-refractivity contribution < 1.29 is 9.53 Å². The summed E-state index contributed by atoms with van der Waals surface area (Å²) in [6, 6.07) is 0.388. The molecule has 3 heteroatoms. The number of hydrogen-bond donors (Lipinski definition) is 1. The average Bonchev–Trinajstić information content (AvgIpc) is 1.98. The van der Waals surface area contributed by atoms with Crippen LogP contribution in [0.2, 0.25) is 0 Å². The molecule has 0 saturated heterocycles. The zero-order chi connectivity index (χ0) is 8.81. The molecule has 0 atom stereocenters. The SMILES string of the molecule is CCCCOC(=O)NC1CCC1. The standard InChI is InChI=1S/C9H17NO2/c1-2-3-7-12-9(11)10-8-5-4-6-8/h8H,2-7H2,1H3,(H,10,11). The van der Waals surface area contributed by atoms with E-state index in [1.807, 2.05) is 0 Å². The molecule has 3 nitrogen and oxygen atoms in total. The zero-order valence-electron chi connectivity index (χ0n) is 7.64. The third-order valence-electron chi connectivity index (χ3n) is 2.16. The summed E-state index contributed by atoms with van der Waals surface area (Å²) in [5.41, 5.74) is 0. The van der Waals surface area contributed by atoms with Crippen LogP contribution in [-0.2, 0) is 4.74 Å². The number of nitrogens with one attached hydrogen (secondary N) is 1. The number of hydrogen-bond acceptors (Lipinski definition) is 2. The predicted molar refractivity (Wildman–Crippen MR) is 47.0 cm³/mol. The van der Waals surface area contributed by atoms with Crippen molar-refractivity contribution >= 4 is 6.09 Å². The molecule has 1 saturated carbocycles. The number of alkyl carbamates (subject to hydrolysis) is 1. The Kier molecular flexibility index (Phi) is 3.91. The smallest absolute Gasteiger partial charge is 0.407 e. The number of carbonyl (C=O) groups is 1. The molecule has 0 bridgehead atoms. The van der Waals surface area contributed by atoms with Crippen LogP contribution in [0.4, 0.5) is 4.79 Å². The van der Waals surface area contributed by atoms with Crippen molar-refractivity contribution in [3.8, 4) is 0 Å². The fourth-order valence-electron chi connectivity index (χ4n) is 1.07. The largest absolute Gasteiger partial charge is 0.450 e. The number of ether oxygens (including phenoxy) is 1. The van der Waals surface area contributed by atoms with E-state index in [0.717, 1.165) is 25.7 Å². The normalized spacial score (nSPS) is 16.8. The van der Waals surface area contributed by atoms with Gasteiger partial charge in [0.1, 0.15) is 0 Å². The maximum absolute atomic E-state index is 11.0. The van der Waals surface area contributed by atoms with E-state index in [2.05, 4.69) is 12.2 Å². The lowest BCUT2D eigenvalue weighted by molar-refractivity contribution is 0.135. The van der Waals surface area contributed by atoms with E-state index < -0.39 is 0 Å². The van der Waals surface area contributed by atoms with Crippen LogP contribution in [0.3, 0.4) is 0 Å². The summed E-state index contributed by atoms with van der Waals surface area (Å²) in [4.78, 5) is 11.0. The monoisotopic (exact) mass is 171 g/mol. The Morgan fingerprint density at radius 3 is 2.83 bits per heavy atom. The van der Waals surface area contributed by atoms with Crippen molar-refractivity contribution in [2.75, 3.05) is 6.61 Å². The fraction of sp³-hybridized carbons (Fsp3) is 0.889. The molecule has 1 rings (SSSR count). The van der Waals surface area contributed by atoms with Gasteiger partial charge in [-0.25, -0.2) is 4.79 Å². The van der Waals surface area contributed by atoms with Crippen molar-refractivity contribution in [3.63, 3.8) is 0 Å². The van der Waals surface area contributed by atoms with Gasteiger partial charge in [0, 0.05) is 6.04 Å². The van der Waals surface area contributed by atoms with Gasteiger partial charge in [-0.1, -0.05) is 13.3 Å². The van der Waals surface area contributed by atoms with E-state index in [-0.39, 0.29) is 6.09 Å². The van der Waals surface area contributed by atoms with Crippen molar-refractivity contribution in [1.82, 2.24) is 5.32 Å². The summed E-state index contributed by atoms with van der Waals surface area (Å²) in [5, 5.41) is 2.81. The lowest BCUT2D eigenvalue weighted by atomic mass is 9.93.